The average Bonchev–Trinajstić information content (AvgIpc) is 2.97. The first-order valence-corrected chi connectivity index (χ1v) is 5.12. The zero-order chi connectivity index (χ0) is 10.1. The van der Waals surface area contributed by atoms with Crippen molar-refractivity contribution >= 4 is 0 Å². The molecule has 2 unspecified atom stereocenters. The van der Waals surface area contributed by atoms with Gasteiger partial charge in [0.05, 0.1) is 7.11 Å². The van der Waals surface area contributed by atoms with E-state index in [2.05, 4.69) is 31.3 Å². The van der Waals surface area contributed by atoms with Gasteiger partial charge in [0.1, 0.15) is 5.75 Å². The van der Waals surface area contributed by atoms with E-state index in [0.717, 1.165) is 5.75 Å². The SMILES string of the molecule is COc1ccc(C2NC2C(C)C)cc1. The molecule has 76 valence electrons. The minimum absolute atomic E-state index is 0.556. The van der Waals surface area contributed by atoms with Crippen LogP contribution in [0.5, 0.6) is 5.75 Å². The predicted molar refractivity (Wildman–Crippen MR) is 57.5 cm³/mol. The fourth-order valence-corrected chi connectivity index (χ4v) is 1.84. The summed E-state index contributed by atoms with van der Waals surface area (Å²) >= 11 is 0. The number of ether oxygens (including phenoxy) is 1. The molecule has 1 heterocycles. The van der Waals surface area contributed by atoms with E-state index in [1.807, 2.05) is 12.1 Å². The predicted octanol–water partition coefficient (Wildman–Crippen LogP) is 2.36. The van der Waals surface area contributed by atoms with Crippen LogP contribution in [0.15, 0.2) is 24.3 Å². The van der Waals surface area contributed by atoms with E-state index in [1.165, 1.54) is 5.56 Å². The van der Waals surface area contributed by atoms with Crippen LogP contribution in [0, 0.1) is 5.92 Å². The molecule has 1 N–H and O–H groups in total. The minimum Gasteiger partial charge on any atom is -0.497 e. The van der Waals surface area contributed by atoms with Gasteiger partial charge in [0.2, 0.25) is 0 Å². The van der Waals surface area contributed by atoms with Gasteiger partial charge in [0.15, 0.2) is 0 Å². The van der Waals surface area contributed by atoms with Gasteiger partial charge in [-0.05, 0) is 23.6 Å². The summed E-state index contributed by atoms with van der Waals surface area (Å²) in [5, 5.41) is 3.48. The summed E-state index contributed by atoms with van der Waals surface area (Å²) in [5.41, 5.74) is 1.37. The van der Waals surface area contributed by atoms with Gasteiger partial charge < -0.3 is 10.1 Å². The molecule has 0 saturated carbocycles. The van der Waals surface area contributed by atoms with Gasteiger partial charge in [-0.25, -0.2) is 0 Å². The third kappa shape index (κ3) is 1.75. The topological polar surface area (TPSA) is 31.2 Å². The van der Waals surface area contributed by atoms with Gasteiger partial charge in [-0.15, -0.1) is 0 Å². The summed E-state index contributed by atoms with van der Waals surface area (Å²) < 4.78 is 5.12. The van der Waals surface area contributed by atoms with Gasteiger partial charge >= 0.3 is 0 Å². The van der Waals surface area contributed by atoms with Crippen molar-refractivity contribution in [1.29, 1.82) is 0 Å². The van der Waals surface area contributed by atoms with Crippen molar-refractivity contribution in [3.63, 3.8) is 0 Å². The number of hydrogen-bond acceptors (Lipinski definition) is 2. The Kier molecular flexibility index (Phi) is 2.46. The first kappa shape index (κ1) is 9.53. The Labute approximate surface area is 85.3 Å². The highest BCUT2D eigenvalue weighted by atomic mass is 16.5. The highest BCUT2D eigenvalue weighted by molar-refractivity contribution is 5.32. The first-order valence-electron chi connectivity index (χ1n) is 5.12. The number of benzene rings is 1. The second-order valence-electron chi connectivity index (χ2n) is 4.19. The highest BCUT2D eigenvalue weighted by Crippen LogP contribution is 2.34. The molecule has 0 aliphatic carbocycles. The van der Waals surface area contributed by atoms with Crippen LogP contribution in [0.2, 0.25) is 0 Å². The minimum atomic E-state index is 0.556. The molecule has 2 atom stereocenters. The maximum absolute atomic E-state index is 5.12. The van der Waals surface area contributed by atoms with Crippen LogP contribution in [0.1, 0.15) is 25.5 Å². The Morgan fingerprint density at radius 2 is 1.86 bits per heavy atom. The van der Waals surface area contributed by atoms with Crippen LogP contribution in [-0.4, -0.2) is 13.2 Å². The van der Waals surface area contributed by atoms with Crippen LogP contribution in [0.3, 0.4) is 0 Å². The van der Waals surface area contributed by atoms with E-state index in [1.54, 1.807) is 7.11 Å². The van der Waals surface area contributed by atoms with Gasteiger partial charge in [0.25, 0.3) is 0 Å². The van der Waals surface area contributed by atoms with Crippen LogP contribution in [-0.2, 0) is 0 Å². The van der Waals surface area contributed by atoms with Crippen molar-refractivity contribution in [3.8, 4) is 5.75 Å². The molecule has 2 nitrogen and oxygen atoms in total. The lowest BCUT2D eigenvalue weighted by Crippen LogP contribution is -2.00. The van der Waals surface area contributed by atoms with Crippen LogP contribution in [0.4, 0.5) is 0 Å². The molecule has 1 fully saturated rings. The normalized spacial score (nSPS) is 25.1. The summed E-state index contributed by atoms with van der Waals surface area (Å²) in [4.78, 5) is 0. The van der Waals surface area contributed by atoms with E-state index in [4.69, 9.17) is 4.74 Å². The quantitative estimate of drug-likeness (QED) is 0.744. The molecule has 2 rings (SSSR count). The molecule has 1 aliphatic rings. The molecule has 1 aromatic rings. The molecule has 1 aromatic carbocycles. The maximum atomic E-state index is 5.12. The van der Waals surface area contributed by atoms with E-state index < -0.39 is 0 Å². The largest absolute Gasteiger partial charge is 0.497 e. The fourth-order valence-electron chi connectivity index (χ4n) is 1.84. The fraction of sp³-hybridized carbons (Fsp3) is 0.500. The third-order valence-electron chi connectivity index (χ3n) is 2.82. The van der Waals surface area contributed by atoms with Crippen LogP contribution in [0.25, 0.3) is 0 Å². The lowest BCUT2D eigenvalue weighted by molar-refractivity contribution is 0.414. The summed E-state index contributed by atoms with van der Waals surface area (Å²) in [6, 6.07) is 9.53. The number of nitrogens with one attached hydrogen (secondary N) is 1. The molecule has 0 bridgehead atoms. The summed E-state index contributed by atoms with van der Waals surface area (Å²) in [5.74, 6) is 1.64. The molecule has 0 aromatic heterocycles. The molecular weight excluding hydrogens is 174 g/mol. The zero-order valence-corrected chi connectivity index (χ0v) is 8.95. The Balaban J connectivity index is 2.05. The number of methoxy groups -OCH3 is 1. The Hall–Kier alpha value is -1.02. The standard InChI is InChI=1S/C12H17NO/c1-8(2)11-12(13-11)9-4-6-10(14-3)7-5-9/h4-8,11-13H,1-3H3. The Morgan fingerprint density at radius 1 is 1.21 bits per heavy atom. The smallest absolute Gasteiger partial charge is 0.118 e. The second kappa shape index (κ2) is 3.62. The molecule has 2 heteroatoms. The molecule has 0 radical (unpaired) electrons. The van der Waals surface area contributed by atoms with E-state index in [-0.39, 0.29) is 0 Å². The van der Waals surface area contributed by atoms with E-state index in [0.29, 0.717) is 18.0 Å². The summed E-state index contributed by atoms with van der Waals surface area (Å²) in [6.07, 6.45) is 0. The van der Waals surface area contributed by atoms with Gasteiger partial charge in [-0.2, -0.15) is 0 Å². The second-order valence-corrected chi connectivity index (χ2v) is 4.19. The summed E-state index contributed by atoms with van der Waals surface area (Å²) in [7, 11) is 1.70. The Bertz CT molecular complexity index is 305. The maximum Gasteiger partial charge on any atom is 0.118 e. The molecular formula is C12H17NO. The molecule has 0 amide bonds. The molecule has 14 heavy (non-hydrogen) atoms. The van der Waals surface area contributed by atoms with Gasteiger partial charge in [0, 0.05) is 12.1 Å². The van der Waals surface area contributed by atoms with E-state index in [9.17, 15) is 0 Å². The van der Waals surface area contributed by atoms with Crippen LogP contribution < -0.4 is 10.1 Å². The third-order valence-corrected chi connectivity index (χ3v) is 2.82. The molecule has 0 spiro atoms. The lowest BCUT2D eigenvalue weighted by Gasteiger charge is -2.02. The van der Waals surface area contributed by atoms with Crippen molar-refractivity contribution in [2.75, 3.05) is 7.11 Å². The first-order chi connectivity index (χ1) is 6.72. The van der Waals surface area contributed by atoms with Crippen molar-refractivity contribution in [1.82, 2.24) is 5.32 Å². The molecule has 1 aliphatic heterocycles. The number of hydrogen-bond donors (Lipinski definition) is 1. The molecule has 1 saturated heterocycles. The van der Waals surface area contributed by atoms with Crippen molar-refractivity contribution < 1.29 is 4.74 Å². The van der Waals surface area contributed by atoms with Crippen molar-refractivity contribution in [2.24, 2.45) is 5.92 Å². The highest BCUT2D eigenvalue weighted by Gasteiger charge is 2.39. The van der Waals surface area contributed by atoms with Gasteiger partial charge in [-0.3, -0.25) is 0 Å². The van der Waals surface area contributed by atoms with Gasteiger partial charge in [-0.1, -0.05) is 26.0 Å². The zero-order valence-electron chi connectivity index (χ0n) is 8.95. The monoisotopic (exact) mass is 191 g/mol. The summed E-state index contributed by atoms with van der Waals surface area (Å²) in [6.45, 7) is 4.50. The number of rotatable bonds is 3. The van der Waals surface area contributed by atoms with Crippen molar-refractivity contribution in [3.05, 3.63) is 29.8 Å². The lowest BCUT2D eigenvalue weighted by atomic mass is 10.0. The van der Waals surface area contributed by atoms with Crippen molar-refractivity contribution in [2.45, 2.75) is 25.9 Å². The van der Waals surface area contributed by atoms with E-state index >= 15 is 0 Å². The Morgan fingerprint density at radius 3 is 2.29 bits per heavy atom. The average molecular weight is 191 g/mol. The van der Waals surface area contributed by atoms with Crippen LogP contribution >= 0.6 is 0 Å².